The molecule has 1 amide bonds. The van der Waals surface area contributed by atoms with Crippen LogP contribution in [0.25, 0.3) is 11.3 Å². The molecule has 0 unspecified atom stereocenters. The van der Waals surface area contributed by atoms with Gasteiger partial charge in [0.2, 0.25) is 5.91 Å². The molecule has 0 bridgehead atoms. The second-order valence-electron chi connectivity index (χ2n) is 7.48. The Bertz CT molecular complexity index is 994. The van der Waals surface area contributed by atoms with Crippen LogP contribution in [0, 0.1) is 5.82 Å². The van der Waals surface area contributed by atoms with Crippen LogP contribution in [0.1, 0.15) is 12.3 Å². The number of amides is 1. The predicted octanol–water partition coefficient (Wildman–Crippen LogP) is 3.80. The minimum absolute atomic E-state index is 0.118. The number of carbonyl (C=O) groups excluding carboxylic acids is 1. The highest BCUT2D eigenvalue weighted by Crippen LogP contribution is 2.24. The molecule has 1 aliphatic heterocycles. The van der Waals surface area contributed by atoms with Gasteiger partial charge in [0, 0.05) is 50.4 Å². The Kier molecular flexibility index (Phi) is 6.09. The minimum Gasteiger partial charge on any atom is -0.441 e. The summed E-state index contributed by atoms with van der Waals surface area (Å²) in [6.45, 7) is 4.12. The zero-order valence-corrected chi connectivity index (χ0v) is 17.0. The lowest BCUT2D eigenvalue weighted by Crippen LogP contribution is -2.44. The van der Waals surface area contributed by atoms with E-state index in [9.17, 15) is 9.18 Å². The highest BCUT2D eigenvalue weighted by atomic mass is 19.1. The summed E-state index contributed by atoms with van der Waals surface area (Å²) in [5, 5.41) is 2.90. The van der Waals surface area contributed by atoms with Crippen LogP contribution in [0.4, 0.5) is 15.8 Å². The summed E-state index contributed by atoms with van der Waals surface area (Å²) in [7, 11) is 2.13. The summed E-state index contributed by atoms with van der Waals surface area (Å²) in [5.74, 6) is 0.294. The van der Waals surface area contributed by atoms with Crippen LogP contribution < -0.4 is 10.2 Å². The number of hydrogen-bond acceptors (Lipinski definition) is 5. The van der Waals surface area contributed by atoms with E-state index in [2.05, 4.69) is 27.1 Å². The summed E-state index contributed by atoms with van der Waals surface area (Å²) in [5.41, 5.74) is 2.29. The number of carbonyl (C=O) groups is 1. The molecule has 30 heavy (non-hydrogen) atoms. The van der Waals surface area contributed by atoms with Crippen LogP contribution >= 0.6 is 0 Å². The number of nitrogens with zero attached hydrogens (tertiary/aromatic N) is 3. The maximum absolute atomic E-state index is 13.8. The molecule has 7 heteroatoms. The standard InChI is InChI=1S/C23H25FN4O2/c1-27-12-14-28(15-13-27)18-8-6-17(7-9-18)26-22(29)10-11-23-25-16-21(30-23)19-4-2-3-5-20(19)24/h2-9,16H,10-15H2,1H3,(H,26,29). The van der Waals surface area contributed by atoms with Gasteiger partial charge in [-0.05, 0) is 43.4 Å². The van der Waals surface area contributed by atoms with Gasteiger partial charge in [0.05, 0.1) is 11.8 Å². The molecule has 1 saturated heterocycles. The van der Waals surface area contributed by atoms with E-state index in [0.717, 1.165) is 31.9 Å². The monoisotopic (exact) mass is 408 g/mol. The minimum atomic E-state index is -0.363. The van der Waals surface area contributed by atoms with Crippen molar-refractivity contribution in [3.05, 3.63) is 66.4 Å². The van der Waals surface area contributed by atoms with Crippen LogP contribution in [-0.4, -0.2) is 49.0 Å². The quantitative estimate of drug-likeness (QED) is 0.672. The Hall–Kier alpha value is -3.19. The molecule has 0 atom stereocenters. The molecule has 2 aromatic carbocycles. The van der Waals surface area contributed by atoms with Crippen molar-refractivity contribution in [1.29, 1.82) is 0 Å². The Morgan fingerprint density at radius 2 is 1.83 bits per heavy atom. The van der Waals surface area contributed by atoms with Crippen molar-refractivity contribution in [3.63, 3.8) is 0 Å². The van der Waals surface area contributed by atoms with E-state index in [1.807, 2.05) is 24.3 Å². The van der Waals surface area contributed by atoms with Gasteiger partial charge in [-0.2, -0.15) is 0 Å². The molecule has 156 valence electrons. The van der Waals surface area contributed by atoms with Crippen molar-refractivity contribution in [2.45, 2.75) is 12.8 Å². The first kappa shape index (κ1) is 20.1. The number of hydrogen-bond donors (Lipinski definition) is 1. The highest BCUT2D eigenvalue weighted by Gasteiger charge is 2.15. The van der Waals surface area contributed by atoms with Gasteiger partial charge in [0.25, 0.3) is 0 Å². The fraction of sp³-hybridized carbons (Fsp3) is 0.304. The van der Waals surface area contributed by atoms with Crippen molar-refractivity contribution < 1.29 is 13.6 Å². The Balaban J connectivity index is 1.28. The van der Waals surface area contributed by atoms with Crippen LogP contribution in [-0.2, 0) is 11.2 Å². The van der Waals surface area contributed by atoms with Crippen LogP contribution in [0.2, 0.25) is 0 Å². The van der Waals surface area contributed by atoms with Gasteiger partial charge < -0.3 is 19.5 Å². The van der Waals surface area contributed by atoms with Gasteiger partial charge in [0.1, 0.15) is 5.82 Å². The second kappa shape index (κ2) is 9.09. The third-order valence-corrected chi connectivity index (χ3v) is 5.28. The fourth-order valence-electron chi connectivity index (χ4n) is 3.48. The van der Waals surface area contributed by atoms with Gasteiger partial charge >= 0.3 is 0 Å². The average molecular weight is 408 g/mol. The number of aryl methyl sites for hydroxylation is 1. The van der Waals surface area contributed by atoms with E-state index in [-0.39, 0.29) is 18.1 Å². The van der Waals surface area contributed by atoms with Crippen LogP contribution in [0.15, 0.2) is 59.1 Å². The zero-order valence-electron chi connectivity index (χ0n) is 17.0. The number of oxazole rings is 1. The molecular weight excluding hydrogens is 383 g/mol. The molecule has 2 heterocycles. The molecule has 3 aromatic rings. The van der Waals surface area contributed by atoms with Crippen molar-refractivity contribution >= 4 is 17.3 Å². The van der Waals surface area contributed by atoms with Crippen LogP contribution in [0.5, 0.6) is 0 Å². The largest absolute Gasteiger partial charge is 0.441 e. The molecular formula is C23H25FN4O2. The maximum atomic E-state index is 13.8. The topological polar surface area (TPSA) is 61.6 Å². The molecule has 6 nitrogen and oxygen atoms in total. The number of likely N-dealkylation sites (N-methyl/N-ethyl adjacent to an activating group) is 1. The summed E-state index contributed by atoms with van der Waals surface area (Å²) in [6.07, 6.45) is 2.07. The van der Waals surface area contributed by atoms with Crippen molar-refractivity contribution in [2.24, 2.45) is 0 Å². The van der Waals surface area contributed by atoms with E-state index in [0.29, 0.717) is 23.6 Å². The van der Waals surface area contributed by atoms with Gasteiger partial charge in [0.15, 0.2) is 11.7 Å². The SMILES string of the molecule is CN1CCN(c2ccc(NC(=O)CCc3ncc(-c4ccccc4F)o3)cc2)CC1. The summed E-state index contributed by atoms with van der Waals surface area (Å²) >= 11 is 0. The number of halogens is 1. The number of rotatable bonds is 6. The predicted molar refractivity (Wildman–Crippen MR) is 115 cm³/mol. The summed E-state index contributed by atoms with van der Waals surface area (Å²) in [4.78, 5) is 21.1. The average Bonchev–Trinajstić information content (AvgIpc) is 3.23. The van der Waals surface area contributed by atoms with Gasteiger partial charge in [-0.1, -0.05) is 12.1 Å². The fourth-order valence-corrected chi connectivity index (χ4v) is 3.48. The van der Waals surface area contributed by atoms with E-state index in [1.54, 1.807) is 18.2 Å². The number of benzene rings is 2. The number of nitrogens with one attached hydrogen (secondary N) is 1. The van der Waals surface area contributed by atoms with Gasteiger partial charge in [-0.25, -0.2) is 9.37 Å². The van der Waals surface area contributed by atoms with Crippen LogP contribution in [0.3, 0.4) is 0 Å². The molecule has 4 rings (SSSR count). The third kappa shape index (κ3) is 4.86. The first-order valence-electron chi connectivity index (χ1n) is 10.1. The first-order valence-corrected chi connectivity index (χ1v) is 10.1. The second-order valence-corrected chi connectivity index (χ2v) is 7.48. The molecule has 1 N–H and O–H groups in total. The molecule has 0 spiro atoms. The lowest BCUT2D eigenvalue weighted by atomic mass is 10.2. The van der Waals surface area contributed by atoms with E-state index in [1.165, 1.54) is 18.0 Å². The normalized spacial score (nSPS) is 14.7. The van der Waals surface area contributed by atoms with E-state index < -0.39 is 0 Å². The Morgan fingerprint density at radius 1 is 1.10 bits per heavy atom. The third-order valence-electron chi connectivity index (χ3n) is 5.28. The molecule has 1 aliphatic rings. The molecule has 1 fully saturated rings. The molecule has 0 radical (unpaired) electrons. The molecule has 0 saturated carbocycles. The van der Waals surface area contributed by atoms with Crippen molar-refractivity contribution in [2.75, 3.05) is 43.4 Å². The highest BCUT2D eigenvalue weighted by molar-refractivity contribution is 5.91. The number of anilines is 2. The molecule has 1 aromatic heterocycles. The zero-order chi connectivity index (χ0) is 20.9. The smallest absolute Gasteiger partial charge is 0.224 e. The van der Waals surface area contributed by atoms with Crippen molar-refractivity contribution in [3.8, 4) is 11.3 Å². The van der Waals surface area contributed by atoms with Crippen molar-refractivity contribution in [1.82, 2.24) is 9.88 Å². The molecule has 0 aliphatic carbocycles. The Labute approximate surface area is 175 Å². The summed E-state index contributed by atoms with van der Waals surface area (Å²) in [6, 6.07) is 14.3. The van der Waals surface area contributed by atoms with Gasteiger partial charge in [-0.3, -0.25) is 4.79 Å². The van der Waals surface area contributed by atoms with Gasteiger partial charge in [-0.15, -0.1) is 0 Å². The van der Waals surface area contributed by atoms with E-state index >= 15 is 0 Å². The first-order chi connectivity index (χ1) is 14.6. The number of aromatic nitrogens is 1. The summed E-state index contributed by atoms with van der Waals surface area (Å²) < 4.78 is 19.4. The maximum Gasteiger partial charge on any atom is 0.224 e. The lowest BCUT2D eigenvalue weighted by molar-refractivity contribution is -0.116. The number of piperazine rings is 1. The Morgan fingerprint density at radius 3 is 2.57 bits per heavy atom. The lowest BCUT2D eigenvalue weighted by Gasteiger charge is -2.34. The van der Waals surface area contributed by atoms with E-state index in [4.69, 9.17) is 4.42 Å².